The van der Waals surface area contributed by atoms with Crippen LogP contribution in [0.3, 0.4) is 0 Å². The monoisotopic (exact) mass is 358 g/mol. The zero-order valence-electron chi connectivity index (χ0n) is 15.6. The number of likely N-dealkylation sites (tertiary alicyclic amines) is 1. The smallest absolute Gasteiger partial charge is 0.320 e. The summed E-state index contributed by atoms with van der Waals surface area (Å²) in [6, 6.07) is 10.5. The first-order valence-corrected chi connectivity index (χ1v) is 9.68. The molecule has 1 aromatic rings. The molecule has 0 aliphatic carbocycles. The molecule has 2 aliphatic rings. The molecule has 0 bridgehead atoms. The van der Waals surface area contributed by atoms with E-state index in [9.17, 15) is 9.59 Å². The van der Waals surface area contributed by atoms with Gasteiger partial charge in [-0.3, -0.25) is 4.79 Å². The van der Waals surface area contributed by atoms with Crippen molar-refractivity contribution in [2.45, 2.75) is 38.3 Å². The first-order valence-electron chi connectivity index (χ1n) is 9.68. The highest BCUT2D eigenvalue weighted by Crippen LogP contribution is 2.19. The summed E-state index contributed by atoms with van der Waals surface area (Å²) in [7, 11) is 1.84. The van der Waals surface area contributed by atoms with E-state index in [0.717, 1.165) is 37.9 Å². The van der Waals surface area contributed by atoms with E-state index in [2.05, 4.69) is 10.6 Å². The summed E-state index contributed by atoms with van der Waals surface area (Å²) in [5, 5.41) is 6.47. The second-order valence-corrected chi connectivity index (χ2v) is 7.42. The topological polar surface area (TPSA) is 64.7 Å². The maximum absolute atomic E-state index is 12.6. The zero-order chi connectivity index (χ0) is 18.4. The summed E-state index contributed by atoms with van der Waals surface area (Å²) in [5.41, 5.74) is 1.12. The van der Waals surface area contributed by atoms with Gasteiger partial charge in [0, 0.05) is 45.2 Å². The van der Waals surface area contributed by atoms with Crippen LogP contribution < -0.4 is 10.6 Å². The normalized spacial score (nSPS) is 20.8. The van der Waals surface area contributed by atoms with Crippen LogP contribution in [0.2, 0.25) is 0 Å². The number of amides is 3. The molecule has 3 rings (SSSR count). The molecule has 142 valence electrons. The van der Waals surface area contributed by atoms with Crippen LogP contribution in [0.1, 0.15) is 31.2 Å². The minimum Gasteiger partial charge on any atom is -0.354 e. The van der Waals surface area contributed by atoms with Gasteiger partial charge in [-0.15, -0.1) is 0 Å². The van der Waals surface area contributed by atoms with E-state index in [1.807, 2.05) is 42.3 Å². The van der Waals surface area contributed by atoms with Crippen LogP contribution in [-0.4, -0.2) is 61.0 Å². The summed E-state index contributed by atoms with van der Waals surface area (Å²) < 4.78 is 0. The third kappa shape index (κ3) is 4.97. The van der Waals surface area contributed by atoms with Crippen molar-refractivity contribution in [2.75, 3.05) is 33.2 Å². The van der Waals surface area contributed by atoms with Gasteiger partial charge in [-0.25, -0.2) is 4.79 Å². The van der Waals surface area contributed by atoms with Gasteiger partial charge < -0.3 is 20.4 Å². The maximum Gasteiger partial charge on any atom is 0.320 e. The average molecular weight is 358 g/mol. The molecule has 1 unspecified atom stereocenters. The van der Waals surface area contributed by atoms with Gasteiger partial charge in [0.05, 0.1) is 0 Å². The van der Waals surface area contributed by atoms with Gasteiger partial charge in [0.1, 0.15) is 0 Å². The SMILES string of the molecule is CN(Cc1ccccc1)C(=O)N1CCC(C(=O)NCC2CCCN2)CC1. The van der Waals surface area contributed by atoms with Crippen molar-refractivity contribution in [2.24, 2.45) is 5.92 Å². The Labute approximate surface area is 155 Å². The molecule has 26 heavy (non-hydrogen) atoms. The molecule has 0 radical (unpaired) electrons. The van der Waals surface area contributed by atoms with Crippen LogP contribution in [0.5, 0.6) is 0 Å². The summed E-state index contributed by atoms with van der Waals surface area (Å²) >= 11 is 0. The molecule has 6 heteroatoms. The molecule has 1 aromatic carbocycles. The Kier molecular flexibility index (Phi) is 6.50. The number of piperidine rings is 1. The molecule has 6 nitrogen and oxygen atoms in total. The summed E-state index contributed by atoms with van der Waals surface area (Å²) in [6.45, 7) is 3.68. The predicted octanol–water partition coefficient (Wildman–Crippen LogP) is 1.82. The van der Waals surface area contributed by atoms with E-state index in [-0.39, 0.29) is 17.9 Å². The van der Waals surface area contributed by atoms with Gasteiger partial charge in [0.2, 0.25) is 5.91 Å². The van der Waals surface area contributed by atoms with Crippen molar-refractivity contribution < 1.29 is 9.59 Å². The molecule has 0 aromatic heterocycles. The van der Waals surface area contributed by atoms with Crippen LogP contribution in [0.25, 0.3) is 0 Å². The fourth-order valence-corrected chi connectivity index (χ4v) is 3.80. The van der Waals surface area contributed by atoms with Gasteiger partial charge in [0.25, 0.3) is 0 Å². The number of rotatable bonds is 5. The van der Waals surface area contributed by atoms with E-state index in [4.69, 9.17) is 0 Å². The average Bonchev–Trinajstić information content (AvgIpc) is 3.20. The largest absolute Gasteiger partial charge is 0.354 e. The van der Waals surface area contributed by atoms with E-state index in [0.29, 0.717) is 25.7 Å². The lowest BCUT2D eigenvalue weighted by Gasteiger charge is -2.34. The Morgan fingerprint density at radius 1 is 1.19 bits per heavy atom. The third-order valence-corrected chi connectivity index (χ3v) is 5.41. The summed E-state index contributed by atoms with van der Waals surface area (Å²) in [4.78, 5) is 28.6. The standard InChI is InChI=1S/C20H30N4O2/c1-23(15-16-6-3-2-4-7-16)20(26)24-12-9-17(10-13-24)19(25)22-14-18-8-5-11-21-18/h2-4,6-7,17-18,21H,5,8-15H2,1H3,(H,22,25). The van der Waals surface area contributed by atoms with Crippen LogP contribution in [0, 0.1) is 5.92 Å². The van der Waals surface area contributed by atoms with Crippen LogP contribution >= 0.6 is 0 Å². The molecule has 3 amide bonds. The van der Waals surface area contributed by atoms with Crippen LogP contribution in [0.4, 0.5) is 4.79 Å². The number of urea groups is 1. The van der Waals surface area contributed by atoms with Gasteiger partial charge in [-0.1, -0.05) is 30.3 Å². The Morgan fingerprint density at radius 2 is 1.92 bits per heavy atom. The number of carbonyl (C=O) groups is 2. The van der Waals surface area contributed by atoms with Crippen molar-refractivity contribution in [3.05, 3.63) is 35.9 Å². The number of nitrogens with zero attached hydrogens (tertiary/aromatic N) is 2. The second-order valence-electron chi connectivity index (χ2n) is 7.42. The molecule has 2 N–H and O–H groups in total. The number of nitrogens with one attached hydrogen (secondary N) is 2. The quantitative estimate of drug-likeness (QED) is 0.844. The van der Waals surface area contributed by atoms with E-state index in [1.54, 1.807) is 4.90 Å². The fraction of sp³-hybridized carbons (Fsp3) is 0.600. The van der Waals surface area contributed by atoms with E-state index < -0.39 is 0 Å². The van der Waals surface area contributed by atoms with Crippen molar-refractivity contribution in [3.8, 4) is 0 Å². The molecular formula is C20H30N4O2. The molecule has 2 saturated heterocycles. The zero-order valence-corrected chi connectivity index (χ0v) is 15.6. The Hall–Kier alpha value is -2.08. The predicted molar refractivity (Wildman–Crippen MR) is 102 cm³/mol. The summed E-state index contributed by atoms with van der Waals surface area (Å²) in [6.07, 6.45) is 3.82. The van der Waals surface area contributed by atoms with E-state index >= 15 is 0 Å². The second kappa shape index (κ2) is 9.03. The van der Waals surface area contributed by atoms with Crippen molar-refractivity contribution in [1.29, 1.82) is 0 Å². The number of hydrogen-bond acceptors (Lipinski definition) is 3. The lowest BCUT2D eigenvalue weighted by Crippen LogP contribution is -2.48. The molecule has 0 saturated carbocycles. The number of benzene rings is 1. The number of hydrogen-bond donors (Lipinski definition) is 2. The van der Waals surface area contributed by atoms with Crippen molar-refractivity contribution in [3.63, 3.8) is 0 Å². The highest BCUT2D eigenvalue weighted by atomic mass is 16.2. The minimum atomic E-state index is 0.0277. The van der Waals surface area contributed by atoms with Gasteiger partial charge in [-0.2, -0.15) is 0 Å². The Balaban J connectivity index is 1.40. The van der Waals surface area contributed by atoms with Crippen LogP contribution in [0.15, 0.2) is 30.3 Å². The fourth-order valence-electron chi connectivity index (χ4n) is 3.80. The van der Waals surface area contributed by atoms with Crippen molar-refractivity contribution in [1.82, 2.24) is 20.4 Å². The molecule has 2 aliphatic heterocycles. The lowest BCUT2D eigenvalue weighted by molar-refractivity contribution is -0.126. The number of carbonyl (C=O) groups excluding carboxylic acids is 2. The first-order chi connectivity index (χ1) is 12.6. The highest BCUT2D eigenvalue weighted by Gasteiger charge is 2.29. The molecule has 2 fully saturated rings. The van der Waals surface area contributed by atoms with Gasteiger partial charge >= 0.3 is 6.03 Å². The van der Waals surface area contributed by atoms with Gasteiger partial charge in [-0.05, 0) is 37.8 Å². The van der Waals surface area contributed by atoms with Crippen LogP contribution in [-0.2, 0) is 11.3 Å². The Morgan fingerprint density at radius 3 is 2.58 bits per heavy atom. The molecule has 2 heterocycles. The summed E-state index contributed by atoms with van der Waals surface area (Å²) in [5.74, 6) is 0.170. The maximum atomic E-state index is 12.6. The van der Waals surface area contributed by atoms with Crippen molar-refractivity contribution >= 4 is 11.9 Å². The highest BCUT2D eigenvalue weighted by molar-refractivity contribution is 5.79. The van der Waals surface area contributed by atoms with E-state index in [1.165, 1.54) is 6.42 Å². The minimum absolute atomic E-state index is 0.0277. The molecule has 0 spiro atoms. The molecular weight excluding hydrogens is 328 g/mol. The Bertz CT molecular complexity index is 593. The first kappa shape index (κ1) is 18.7. The lowest BCUT2D eigenvalue weighted by atomic mass is 9.96. The third-order valence-electron chi connectivity index (χ3n) is 5.41. The van der Waals surface area contributed by atoms with Gasteiger partial charge in [0.15, 0.2) is 0 Å². The molecule has 1 atom stereocenters.